The first-order valence-corrected chi connectivity index (χ1v) is 6.01. The van der Waals surface area contributed by atoms with E-state index in [2.05, 4.69) is 38.1 Å². The van der Waals surface area contributed by atoms with Crippen LogP contribution in [0, 0.1) is 6.92 Å². The van der Waals surface area contributed by atoms with Gasteiger partial charge in [-0.05, 0) is 25.3 Å². The van der Waals surface area contributed by atoms with Crippen molar-refractivity contribution in [1.82, 2.24) is 0 Å². The van der Waals surface area contributed by atoms with Gasteiger partial charge in [0.1, 0.15) is 0 Å². The molecule has 1 rings (SSSR count). The molecule has 16 heavy (non-hydrogen) atoms. The average Bonchev–Trinajstić information content (AvgIpc) is 2.29. The first kappa shape index (κ1) is 13.2. The molecule has 0 aliphatic rings. The highest BCUT2D eigenvalue weighted by Gasteiger charge is 2.16. The van der Waals surface area contributed by atoms with Crippen LogP contribution >= 0.6 is 0 Å². The first-order valence-electron chi connectivity index (χ1n) is 6.01. The lowest BCUT2D eigenvalue weighted by Crippen LogP contribution is -2.37. The summed E-state index contributed by atoms with van der Waals surface area (Å²) < 4.78 is 5.42. The van der Waals surface area contributed by atoms with Gasteiger partial charge in [0.25, 0.3) is 0 Å². The highest BCUT2D eigenvalue weighted by atomic mass is 16.5. The van der Waals surface area contributed by atoms with Gasteiger partial charge in [0, 0.05) is 13.2 Å². The summed E-state index contributed by atoms with van der Waals surface area (Å²) >= 11 is 0. The summed E-state index contributed by atoms with van der Waals surface area (Å²) in [6.45, 7) is 4.25. The SMILES string of the molecule is CCCC(OC)C(N)Cc1ccc(C)cc1. The fourth-order valence-corrected chi connectivity index (χ4v) is 1.92. The van der Waals surface area contributed by atoms with Crippen molar-refractivity contribution in [2.24, 2.45) is 5.73 Å². The fourth-order valence-electron chi connectivity index (χ4n) is 1.92. The Labute approximate surface area is 98.8 Å². The number of ether oxygens (including phenoxy) is 1. The van der Waals surface area contributed by atoms with Gasteiger partial charge in [0.15, 0.2) is 0 Å². The molecule has 90 valence electrons. The number of nitrogens with two attached hydrogens (primary N) is 1. The second-order valence-corrected chi connectivity index (χ2v) is 4.42. The van der Waals surface area contributed by atoms with Gasteiger partial charge in [-0.3, -0.25) is 0 Å². The molecular formula is C14H23NO. The van der Waals surface area contributed by atoms with Crippen molar-refractivity contribution in [2.75, 3.05) is 7.11 Å². The molecule has 1 aromatic carbocycles. The Bertz CT molecular complexity index is 294. The Kier molecular flexibility index (Phi) is 5.50. The van der Waals surface area contributed by atoms with Gasteiger partial charge in [0.05, 0.1) is 6.10 Å². The van der Waals surface area contributed by atoms with Gasteiger partial charge in [-0.1, -0.05) is 43.2 Å². The highest BCUT2D eigenvalue weighted by Crippen LogP contribution is 2.11. The molecular weight excluding hydrogens is 198 g/mol. The molecule has 0 heterocycles. The average molecular weight is 221 g/mol. The number of hydrogen-bond donors (Lipinski definition) is 1. The molecule has 0 aromatic heterocycles. The van der Waals surface area contributed by atoms with Crippen molar-refractivity contribution in [3.8, 4) is 0 Å². The minimum Gasteiger partial charge on any atom is -0.380 e. The quantitative estimate of drug-likeness (QED) is 0.801. The largest absolute Gasteiger partial charge is 0.380 e. The van der Waals surface area contributed by atoms with Crippen molar-refractivity contribution in [1.29, 1.82) is 0 Å². The normalized spacial score (nSPS) is 14.8. The Morgan fingerprint density at radius 1 is 1.25 bits per heavy atom. The lowest BCUT2D eigenvalue weighted by molar-refractivity contribution is 0.0727. The molecule has 0 aliphatic heterocycles. The van der Waals surface area contributed by atoms with Crippen LogP contribution in [0.2, 0.25) is 0 Å². The van der Waals surface area contributed by atoms with Crippen LogP contribution in [0.3, 0.4) is 0 Å². The molecule has 0 bridgehead atoms. The molecule has 0 fully saturated rings. The third-order valence-electron chi connectivity index (χ3n) is 2.95. The topological polar surface area (TPSA) is 35.2 Å². The fraction of sp³-hybridized carbons (Fsp3) is 0.571. The molecule has 2 atom stereocenters. The summed E-state index contributed by atoms with van der Waals surface area (Å²) in [5.74, 6) is 0. The van der Waals surface area contributed by atoms with E-state index < -0.39 is 0 Å². The van der Waals surface area contributed by atoms with E-state index in [-0.39, 0.29) is 12.1 Å². The van der Waals surface area contributed by atoms with Crippen LogP contribution in [0.15, 0.2) is 24.3 Å². The van der Waals surface area contributed by atoms with E-state index in [1.54, 1.807) is 7.11 Å². The standard InChI is InChI=1S/C14H23NO/c1-4-5-14(16-3)13(15)10-12-8-6-11(2)7-9-12/h6-9,13-14H,4-5,10,15H2,1-3H3. The van der Waals surface area contributed by atoms with Crippen molar-refractivity contribution in [3.63, 3.8) is 0 Å². The maximum Gasteiger partial charge on any atom is 0.0725 e. The minimum atomic E-state index is 0.0904. The van der Waals surface area contributed by atoms with E-state index in [4.69, 9.17) is 10.5 Å². The zero-order valence-corrected chi connectivity index (χ0v) is 10.6. The van der Waals surface area contributed by atoms with E-state index in [1.165, 1.54) is 11.1 Å². The van der Waals surface area contributed by atoms with E-state index in [9.17, 15) is 0 Å². The maximum atomic E-state index is 6.16. The van der Waals surface area contributed by atoms with Crippen LogP contribution in [-0.2, 0) is 11.2 Å². The van der Waals surface area contributed by atoms with Gasteiger partial charge in [-0.15, -0.1) is 0 Å². The minimum absolute atomic E-state index is 0.0904. The molecule has 2 nitrogen and oxygen atoms in total. The summed E-state index contributed by atoms with van der Waals surface area (Å²) in [6, 6.07) is 8.64. The molecule has 2 N–H and O–H groups in total. The van der Waals surface area contributed by atoms with Crippen LogP contribution in [-0.4, -0.2) is 19.3 Å². The lowest BCUT2D eigenvalue weighted by Gasteiger charge is -2.22. The smallest absolute Gasteiger partial charge is 0.0725 e. The second-order valence-electron chi connectivity index (χ2n) is 4.42. The van der Waals surface area contributed by atoms with Crippen LogP contribution in [0.25, 0.3) is 0 Å². The summed E-state index contributed by atoms with van der Waals surface area (Å²) in [5.41, 5.74) is 8.73. The number of hydrogen-bond acceptors (Lipinski definition) is 2. The molecule has 0 radical (unpaired) electrons. The highest BCUT2D eigenvalue weighted by molar-refractivity contribution is 5.22. The molecule has 0 amide bonds. The van der Waals surface area contributed by atoms with Gasteiger partial charge in [0.2, 0.25) is 0 Å². The molecule has 0 aliphatic carbocycles. The molecule has 0 saturated heterocycles. The predicted molar refractivity (Wildman–Crippen MR) is 68.6 cm³/mol. The third kappa shape index (κ3) is 3.95. The Balaban J connectivity index is 2.55. The summed E-state index contributed by atoms with van der Waals surface area (Å²) in [6.07, 6.45) is 3.20. The zero-order chi connectivity index (χ0) is 12.0. The third-order valence-corrected chi connectivity index (χ3v) is 2.95. The maximum absolute atomic E-state index is 6.16. The Morgan fingerprint density at radius 2 is 1.88 bits per heavy atom. The first-order chi connectivity index (χ1) is 7.67. The molecule has 0 saturated carbocycles. The van der Waals surface area contributed by atoms with Crippen LogP contribution < -0.4 is 5.73 Å². The number of methoxy groups -OCH3 is 1. The van der Waals surface area contributed by atoms with Gasteiger partial charge >= 0.3 is 0 Å². The number of aryl methyl sites for hydroxylation is 1. The summed E-state index contributed by atoms with van der Waals surface area (Å²) in [4.78, 5) is 0. The van der Waals surface area contributed by atoms with Gasteiger partial charge < -0.3 is 10.5 Å². The Morgan fingerprint density at radius 3 is 2.38 bits per heavy atom. The predicted octanol–water partition coefficient (Wildman–Crippen LogP) is 2.68. The van der Waals surface area contributed by atoms with Crippen LogP contribution in [0.4, 0.5) is 0 Å². The van der Waals surface area contributed by atoms with Gasteiger partial charge in [-0.25, -0.2) is 0 Å². The van der Waals surface area contributed by atoms with Crippen LogP contribution in [0.1, 0.15) is 30.9 Å². The molecule has 0 spiro atoms. The molecule has 1 aromatic rings. The monoisotopic (exact) mass is 221 g/mol. The second kappa shape index (κ2) is 6.66. The van der Waals surface area contributed by atoms with Crippen molar-refractivity contribution in [3.05, 3.63) is 35.4 Å². The summed E-state index contributed by atoms with van der Waals surface area (Å²) in [5, 5.41) is 0. The summed E-state index contributed by atoms with van der Waals surface area (Å²) in [7, 11) is 1.75. The van der Waals surface area contributed by atoms with Crippen molar-refractivity contribution >= 4 is 0 Å². The van der Waals surface area contributed by atoms with Gasteiger partial charge in [-0.2, -0.15) is 0 Å². The zero-order valence-electron chi connectivity index (χ0n) is 10.6. The number of rotatable bonds is 6. The van der Waals surface area contributed by atoms with E-state index >= 15 is 0 Å². The van der Waals surface area contributed by atoms with Crippen molar-refractivity contribution in [2.45, 2.75) is 45.3 Å². The van der Waals surface area contributed by atoms with E-state index in [0.29, 0.717) is 0 Å². The van der Waals surface area contributed by atoms with E-state index in [1.807, 2.05) is 0 Å². The van der Waals surface area contributed by atoms with Crippen molar-refractivity contribution < 1.29 is 4.74 Å². The molecule has 2 heteroatoms. The Hall–Kier alpha value is -0.860. The molecule has 2 unspecified atom stereocenters. The van der Waals surface area contributed by atoms with Crippen LogP contribution in [0.5, 0.6) is 0 Å². The van der Waals surface area contributed by atoms with E-state index in [0.717, 1.165) is 19.3 Å². The number of benzene rings is 1. The lowest BCUT2D eigenvalue weighted by atomic mass is 9.98.